The van der Waals surface area contributed by atoms with Crippen molar-refractivity contribution in [3.63, 3.8) is 0 Å². The number of likely N-dealkylation sites (N-methyl/N-ethyl adjacent to an activating group) is 1. The Labute approximate surface area is 153 Å². The summed E-state index contributed by atoms with van der Waals surface area (Å²) in [6.07, 6.45) is 0. The number of hydrogen-bond acceptors (Lipinski definition) is 4. The maximum absolute atomic E-state index is 12.5. The van der Waals surface area contributed by atoms with Gasteiger partial charge in [0.2, 0.25) is 5.91 Å². The second-order valence-electron chi connectivity index (χ2n) is 5.61. The fourth-order valence-electron chi connectivity index (χ4n) is 2.61. The number of ether oxygens (including phenoxy) is 2. The average Bonchev–Trinajstić information content (AvgIpc) is 2.69. The molecule has 0 radical (unpaired) electrons. The Hall–Kier alpha value is -3.02. The number of benzene rings is 2. The highest BCUT2D eigenvalue weighted by atomic mass is 16.5. The Morgan fingerprint density at radius 1 is 0.962 bits per heavy atom. The van der Waals surface area contributed by atoms with Gasteiger partial charge in [0, 0.05) is 13.1 Å². The second-order valence-corrected chi connectivity index (χ2v) is 5.61. The van der Waals surface area contributed by atoms with Crippen LogP contribution in [0.5, 0.6) is 11.5 Å². The molecule has 0 bridgehead atoms. The number of carbonyl (C=O) groups is 2. The minimum atomic E-state index is -0.414. The molecule has 0 atom stereocenters. The molecule has 0 saturated carbocycles. The fourth-order valence-corrected chi connectivity index (χ4v) is 2.61. The molecule has 2 aromatic rings. The van der Waals surface area contributed by atoms with Crippen LogP contribution in [0, 0.1) is 0 Å². The smallest absolute Gasteiger partial charge is 0.259 e. The van der Waals surface area contributed by atoms with Crippen LogP contribution < -0.4 is 14.8 Å². The molecule has 2 aromatic carbocycles. The van der Waals surface area contributed by atoms with E-state index in [1.165, 1.54) is 14.2 Å². The first-order valence-corrected chi connectivity index (χ1v) is 8.41. The van der Waals surface area contributed by atoms with E-state index in [1.54, 1.807) is 23.1 Å². The number of hydrogen-bond donors (Lipinski definition) is 1. The van der Waals surface area contributed by atoms with E-state index in [9.17, 15) is 9.59 Å². The molecule has 0 unspecified atom stereocenters. The molecule has 1 N–H and O–H groups in total. The summed E-state index contributed by atoms with van der Waals surface area (Å²) in [5, 5.41) is 2.66. The van der Waals surface area contributed by atoms with E-state index >= 15 is 0 Å². The highest BCUT2D eigenvalue weighted by Gasteiger charge is 2.20. The van der Waals surface area contributed by atoms with Crippen molar-refractivity contribution in [2.45, 2.75) is 13.5 Å². The Balaban J connectivity index is 2.03. The molecule has 138 valence electrons. The van der Waals surface area contributed by atoms with E-state index in [0.29, 0.717) is 24.6 Å². The molecule has 0 aromatic heterocycles. The maximum atomic E-state index is 12.5. The van der Waals surface area contributed by atoms with Crippen molar-refractivity contribution in [1.82, 2.24) is 10.2 Å². The molecule has 0 heterocycles. The highest BCUT2D eigenvalue weighted by molar-refractivity contribution is 6.01. The van der Waals surface area contributed by atoms with Gasteiger partial charge in [-0.25, -0.2) is 0 Å². The lowest BCUT2D eigenvalue weighted by Crippen LogP contribution is -2.39. The predicted octanol–water partition coefficient (Wildman–Crippen LogP) is 2.48. The van der Waals surface area contributed by atoms with E-state index in [2.05, 4.69) is 5.32 Å². The average molecular weight is 356 g/mol. The maximum Gasteiger partial charge on any atom is 0.259 e. The Morgan fingerprint density at radius 2 is 1.58 bits per heavy atom. The van der Waals surface area contributed by atoms with Crippen molar-refractivity contribution in [2.75, 3.05) is 27.3 Å². The van der Waals surface area contributed by atoms with Crippen LogP contribution in [0.4, 0.5) is 0 Å². The number of methoxy groups -OCH3 is 2. The van der Waals surface area contributed by atoms with E-state index in [4.69, 9.17) is 9.47 Å². The minimum absolute atomic E-state index is 0.0965. The van der Waals surface area contributed by atoms with Crippen LogP contribution in [0.2, 0.25) is 0 Å². The number of carbonyl (C=O) groups excluding carboxylic acids is 2. The van der Waals surface area contributed by atoms with Crippen LogP contribution in [-0.2, 0) is 11.3 Å². The van der Waals surface area contributed by atoms with E-state index in [1.807, 2.05) is 37.3 Å². The third-order valence-corrected chi connectivity index (χ3v) is 4.01. The predicted molar refractivity (Wildman–Crippen MR) is 99.4 cm³/mol. The van der Waals surface area contributed by atoms with Crippen molar-refractivity contribution >= 4 is 11.8 Å². The molecular formula is C20H24N2O4. The molecule has 0 aliphatic carbocycles. The Kier molecular flexibility index (Phi) is 7.02. The molecule has 0 fully saturated rings. The van der Waals surface area contributed by atoms with Crippen molar-refractivity contribution in [1.29, 1.82) is 0 Å². The summed E-state index contributed by atoms with van der Waals surface area (Å²) in [4.78, 5) is 26.7. The third kappa shape index (κ3) is 4.75. The summed E-state index contributed by atoms with van der Waals surface area (Å²) in [7, 11) is 2.96. The van der Waals surface area contributed by atoms with E-state index in [-0.39, 0.29) is 18.0 Å². The number of nitrogens with zero attached hydrogens (tertiary/aromatic N) is 1. The van der Waals surface area contributed by atoms with Gasteiger partial charge in [0.25, 0.3) is 5.91 Å². The standard InChI is InChI=1S/C20H24N2O4/c1-4-22(14-15-9-6-5-7-10-15)18(23)13-21-20(24)19-16(25-2)11-8-12-17(19)26-3/h5-12H,4,13-14H2,1-3H3,(H,21,24). The van der Waals surface area contributed by atoms with Crippen LogP contribution in [-0.4, -0.2) is 44.0 Å². The zero-order chi connectivity index (χ0) is 18.9. The van der Waals surface area contributed by atoms with E-state index in [0.717, 1.165) is 5.56 Å². The first-order valence-electron chi connectivity index (χ1n) is 8.41. The van der Waals surface area contributed by atoms with Crippen LogP contribution in [0.3, 0.4) is 0 Å². The van der Waals surface area contributed by atoms with Crippen molar-refractivity contribution < 1.29 is 19.1 Å². The summed E-state index contributed by atoms with van der Waals surface area (Å²) in [5.41, 5.74) is 1.32. The minimum Gasteiger partial charge on any atom is -0.496 e. The normalized spacial score (nSPS) is 10.1. The molecule has 2 amide bonds. The van der Waals surface area contributed by atoms with Crippen LogP contribution in [0.15, 0.2) is 48.5 Å². The third-order valence-electron chi connectivity index (χ3n) is 4.01. The van der Waals surface area contributed by atoms with Gasteiger partial charge in [-0.15, -0.1) is 0 Å². The Bertz CT molecular complexity index is 724. The first kappa shape index (κ1) is 19.3. The monoisotopic (exact) mass is 356 g/mol. The number of rotatable bonds is 8. The van der Waals surface area contributed by atoms with Gasteiger partial charge in [-0.1, -0.05) is 36.4 Å². The van der Waals surface area contributed by atoms with Gasteiger partial charge in [0.1, 0.15) is 17.1 Å². The highest BCUT2D eigenvalue weighted by Crippen LogP contribution is 2.27. The van der Waals surface area contributed by atoms with Gasteiger partial charge in [-0.2, -0.15) is 0 Å². The van der Waals surface area contributed by atoms with Gasteiger partial charge < -0.3 is 19.7 Å². The summed E-state index contributed by atoms with van der Waals surface area (Å²) in [6.45, 7) is 2.87. The molecule has 2 rings (SSSR count). The molecule has 6 nitrogen and oxygen atoms in total. The molecular weight excluding hydrogens is 332 g/mol. The van der Waals surface area contributed by atoms with E-state index < -0.39 is 5.91 Å². The van der Waals surface area contributed by atoms with Crippen LogP contribution >= 0.6 is 0 Å². The summed E-state index contributed by atoms with van der Waals surface area (Å²) in [5.74, 6) is 0.221. The van der Waals surface area contributed by atoms with Crippen molar-refractivity contribution in [2.24, 2.45) is 0 Å². The molecule has 26 heavy (non-hydrogen) atoms. The summed E-state index contributed by atoms with van der Waals surface area (Å²) < 4.78 is 10.5. The molecule has 0 spiro atoms. The summed E-state index contributed by atoms with van der Waals surface area (Å²) >= 11 is 0. The SMILES string of the molecule is CCN(Cc1ccccc1)C(=O)CNC(=O)c1c(OC)cccc1OC. The van der Waals surface area contributed by atoms with Crippen molar-refractivity contribution in [3.8, 4) is 11.5 Å². The lowest BCUT2D eigenvalue weighted by molar-refractivity contribution is -0.130. The van der Waals surface area contributed by atoms with Crippen LogP contribution in [0.25, 0.3) is 0 Å². The fraction of sp³-hybridized carbons (Fsp3) is 0.300. The molecule has 0 saturated heterocycles. The zero-order valence-electron chi connectivity index (χ0n) is 15.3. The molecule has 0 aliphatic rings. The molecule has 6 heteroatoms. The number of amides is 2. The quantitative estimate of drug-likeness (QED) is 0.789. The zero-order valence-corrected chi connectivity index (χ0v) is 15.3. The lowest BCUT2D eigenvalue weighted by Gasteiger charge is -2.21. The van der Waals surface area contributed by atoms with Gasteiger partial charge in [0.05, 0.1) is 20.8 Å². The van der Waals surface area contributed by atoms with Crippen LogP contribution in [0.1, 0.15) is 22.8 Å². The van der Waals surface area contributed by atoms with Gasteiger partial charge >= 0.3 is 0 Å². The first-order chi connectivity index (χ1) is 12.6. The van der Waals surface area contributed by atoms with Gasteiger partial charge in [-0.05, 0) is 24.6 Å². The Morgan fingerprint density at radius 3 is 2.12 bits per heavy atom. The van der Waals surface area contributed by atoms with Gasteiger partial charge in [-0.3, -0.25) is 9.59 Å². The second kappa shape index (κ2) is 9.46. The molecule has 0 aliphatic heterocycles. The largest absolute Gasteiger partial charge is 0.496 e. The van der Waals surface area contributed by atoms with Gasteiger partial charge in [0.15, 0.2) is 0 Å². The summed E-state index contributed by atoms with van der Waals surface area (Å²) in [6, 6.07) is 14.8. The number of nitrogens with one attached hydrogen (secondary N) is 1. The lowest BCUT2D eigenvalue weighted by atomic mass is 10.1. The topological polar surface area (TPSA) is 67.9 Å². The van der Waals surface area contributed by atoms with Crippen molar-refractivity contribution in [3.05, 3.63) is 59.7 Å².